The fourth-order valence-corrected chi connectivity index (χ4v) is 0.616. The quantitative estimate of drug-likeness (QED) is 0.624. The van der Waals surface area contributed by atoms with Crippen molar-refractivity contribution in [2.75, 3.05) is 13.1 Å². The van der Waals surface area contributed by atoms with Crippen LogP contribution in [0.2, 0.25) is 0 Å². The van der Waals surface area contributed by atoms with Crippen LogP contribution in [0, 0.1) is 5.92 Å². The summed E-state index contributed by atoms with van der Waals surface area (Å²) in [5.41, 5.74) is 9.82. The minimum Gasteiger partial charge on any atom is -0.330 e. The molecule has 5 heteroatoms. The maximum atomic E-state index is 11.8. The van der Waals surface area contributed by atoms with Crippen LogP contribution in [0.25, 0.3) is 0 Å². The summed E-state index contributed by atoms with van der Waals surface area (Å²) in [6.07, 6.45) is -4.27. The van der Waals surface area contributed by atoms with Crippen molar-refractivity contribution in [3.8, 4) is 0 Å². The Kier molecular flexibility index (Phi) is 3.67. The van der Waals surface area contributed by atoms with Crippen molar-refractivity contribution in [3.63, 3.8) is 0 Å². The number of rotatable bonds is 3. The van der Waals surface area contributed by atoms with E-state index in [4.69, 9.17) is 11.5 Å². The standard InChI is InChI=1S/C5H11F3N2/c6-5(7,8)4(3-10)1-2-9/h4H,1-3,9-10H2/t4-/m0/s1. The summed E-state index contributed by atoms with van der Waals surface area (Å²) in [6.45, 7) is -0.345. The van der Waals surface area contributed by atoms with E-state index in [-0.39, 0.29) is 19.5 Å². The van der Waals surface area contributed by atoms with E-state index in [1.807, 2.05) is 0 Å². The Morgan fingerprint density at radius 2 is 1.70 bits per heavy atom. The lowest BCUT2D eigenvalue weighted by molar-refractivity contribution is -0.172. The fraction of sp³-hybridized carbons (Fsp3) is 1.00. The molecule has 4 N–H and O–H groups in total. The van der Waals surface area contributed by atoms with Crippen molar-refractivity contribution >= 4 is 0 Å². The van der Waals surface area contributed by atoms with E-state index in [2.05, 4.69) is 0 Å². The molecule has 0 aromatic carbocycles. The molecule has 0 aromatic heterocycles. The largest absolute Gasteiger partial charge is 0.393 e. The highest BCUT2D eigenvalue weighted by Crippen LogP contribution is 2.27. The average molecular weight is 156 g/mol. The zero-order valence-corrected chi connectivity index (χ0v) is 5.49. The minimum atomic E-state index is -4.19. The van der Waals surface area contributed by atoms with Crippen LogP contribution in [0.1, 0.15) is 6.42 Å². The smallest absolute Gasteiger partial charge is 0.330 e. The van der Waals surface area contributed by atoms with Gasteiger partial charge >= 0.3 is 6.18 Å². The van der Waals surface area contributed by atoms with Crippen molar-refractivity contribution < 1.29 is 13.2 Å². The van der Waals surface area contributed by atoms with E-state index in [0.717, 1.165) is 0 Å². The van der Waals surface area contributed by atoms with Gasteiger partial charge in [0.05, 0.1) is 5.92 Å². The van der Waals surface area contributed by atoms with Gasteiger partial charge in [-0.15, -0.1) is 0 Å². The third kappa shape index (κ3) is 3.03. The van der Waals surface area contributed by atoms with Gasteiger partial charge in [-0.1, -0.05) is 0 Å². The monoisotopic (exact) mass is 156 g/mol. The summed E-state index contributed by atoms with van der Waals surface area (Å²) in [7, 11) is 0. The van der Waals surface area contributed by atoms with Crippen LogP contribution in [-0.4, -0.2) is 19.3 Å². The van der Waals surface area contributed by atoms with Gasteiger partial charge in [-0.25, -0.2) is 0 Å². The molecule has 0 rings (SSSR count). The Bertz CT molecular complexity index is 91.4. The normalized spacial score (nSPS) is 15.3. The summed E-state index contributed by atoms with van der Waals surface area (Å²) in [4.78, 5) is 0. The first kappa shape index (κ1) is 9.71. The highest BCUT2D eigenvalue weighted by molar-refractivity contribution is 4.68. The molecule has 0 saturated carbocycles. The van der Waals surface area contributed by atoms with Gasteiger partial charge in [0.15, 0.2) is 0 Å². The maximum Gasteiger partial charge on any atom is 0.393 e. The van der Waals surface area contributed by atoms with E-state index in [1.54, 1.807) is 0 Å². The van der Waals surface area contributed by atoms with Gasteiger partial charge in [0.2, 0.25) is 0 Å². The summed E-state index contributed by atoms with van der Waals surface area (Å²) in [5.74, 6) is -1.43. The first-order valence-corrected chi connectivity index (χ1v) is 2.99. The molecule has 62 valence electrons. The molecule has 0 spiro atoms. The molecule has 10 heavy (non-hydrogen) atoms. The van der Waals surface area contributed by atoms with Gasteiger partial charge in [-0.05, 0) is 13.0 Å². The second kappa shape index (κ2) is 3.78. The predicted octanol–water partition coefficient (Wildman–Crippen LogP) is 0.472. The van der Waals surface area contributed by atoms with Crippen LogP contribution in [0.4, 0.5) is 13.2 Å². The zero-order valence-electron chi connectivity index (χ0n) is 5.49. The van der Waals surface area contributed by atoms with Crippen LogP contribution in [0.3, 0.4) is 0 Å². The molecule has 0 bridgehead atoms. The van der Waals surface area contributed by atoms with Crippen molar-refractivity contribution in [2.24, 2.45) is 17.4 Å². The van der Waals surface area contributed by atoms with Crippen molar-refractivity contribution in [1.29, 1.82) is 0 Å². The van der Waals surface area contributed by atoms with E-state index < -0.39 is 12.1 Å². The SMILES string of the molecule is NCC[C@@H](CN)C(F)(F)F. The second-order valence-electron chi connectivity index (χ2n) is 2.05. The van der Waals surface area contributed by atoms with Gasteiger partial charge in [-0.2, -0.15) is 13.2 Å². The zero-order chi connectivity index (χ0) is 8.20. The molecule has 0 fully saturated rings. The Labute approximate surface area is 57.4 Å². The number of alkyl halides is 3. The molecule has 2 nitrogen and oxygen atoms in total. The fourth-order valence-electron chi connectivity index (χ4n) is 0.616. The summed E-state index contributed by atoms with van der Waals surface area (Å²) in [5, 5.41) is 0. The van der Waals surface area contributed by atoms with Crippen LogP contribution in [-0.2, 0) is 0 Å². The maximum absolute atomic E-state index is 11.8. The molecule has 0 aliphatic rings. The molecule has 0 radical (unpaired) electrons. The third-order valence-corrected chi connectivity index (χ3v) is 1.26. The van der Waals surface area contributed by atoms with E-state index in [0.29, 0.717) is 0 Å². The van der Waals surface area contributed by atoms with Crippen molar-refractivity contribution in [1.82, 2.24) is 0 Å². The van der Waals surface area contributed by atoms with Gasteiger partial charge in [0.25, 0.3) is 0 Å². The van der Waals surface area contributed by atoms with Crippen molar-refractivity contribution in [3.05, 3.63) is 0 Å². The number of nitrogens with two attached hydrogens (primary N) is 2. The van der Waals surface area contributed by atoms with Gasteiger partial charge in [0.1, 0.15) is 0 Å². The molecule has 0 aromatic rings. The molecule has 0 aliphatic heterocycles. The van der Waals surface area contributed by atoms with Gasteiger partial charge < -0.3 is 11.5 Å². The van der Waals surface area contributed by atoms with Gasteiger partial charge in [0, 0.05) is 6.54 Å². The number of hydrogen-bond donors (Lipinski definition) is 2. The lowest BCUT2D eigenvalue weighted by Gasteiger charge is -2.16. The summed E-state index contributed by atoms with van der Waals surface area (Å²) in [6, 6.07) is 0. The Morgan fingerprint density at radius 1 is 1.20 bits per heavy atom. The number of halogens is 3. The topological polar surface area (TPSA) is 52.0 Å². The summed E-state index contributed by atoms with van der Waals surface area (Å²) < 4.78 is 35.3. The molecule has 0 aliphatic carbocycles. The minimum absolute atomic E-state index is 0.0291. The van der Waals surface area contributed by atoms with E-state index >= 15 is 0 Å². The Balaban J connectivity index is 3.81. The van der Waals surface area contributed by atoms with Crippen LogP contribution in [0.15, 0.2) is 0 Å². The van der Waals surface area contributed by atoms with Crippen LogP contribution in [0.5, 0.6) is 0 Å². The molecule has 0 unspecified atom stereocenters. The van der Waals surface area contributed by atoms with Crippen molar-refractivity contribution in [2.45, 2.75) is 12.6 Å². The highest BCUT2D eigenvalue weighted by atomic mass is 19.4. The van der Waals surface area contributed by atoms with Gasteiger partial charge in [-0.3, -0.25) is 0 Å². The molecular weight excluding hydrogens is 145 g/mol. The summed E-state index contributed by atoms with van der Waals surface area (Å²) >= 11 is 0. The first-order chi connectivity index (χ1) is 4.52. The highest BCUT2D eigenvalue weighted by Gasteiger charge is 2.37. The molecule has 0 heterocycles. The second-order valence-corrected chi connectivity index (χ2v) is 2.05. The third-order valence-electron chi connectivity index (χ3n) is 1.26. The lowest BCUT2D eigenvalue weighted by atomic mass is 10.1. The number of hydrogen-bond acceptors (Lipinski definition) is 2. The molecular formula is C5H11F3N2. The van der Waals surface area contributed by atoms with E-state index in [1.165, 1.54) is 0 Å². The molecule has 0 saturated heterocycles. The predicted molar refractivity (Wildman–Crippen MR) is 32.3 cm³/mol. The molecule has 1 atom stereocenters. The van der Waals surface area contributed by atoms with E-state index in [9.17, 15) is 13.2 Å². The van der Waals surface area contributed by atoms with Crippen LogP contribution < -0.4 is 11.5 Å². The Hall–Kier alpha value is -0.290. The Morgan fingerprint density at radius 3 is 1.80 bits per heavy atom. The van der Waals surface area contributed by atoms with Crippen LogP contribution >= 0.6 is 0 Å². The lowest BCUT2D eigenvalue weighted by Crippen LogP contribution is -2.31. The first-order valence-electron chi connectivity index (χ1n) is 2.99. The average Bonchev–Trinajstić information content (AvgIpc) is 1.80. The molecule has 0 amide bonds.